The van der Waals surface area contributed by atoms with Crippen LogP contribution in [0, 0.1) is 11.7 Å². The van der Waals surface area contributed by atoms with Crippen LogP contribution in [0.1, 0.15) is 23.7 Å². The van der Waals surface area contributed by atoms with Crippen molar-refractivity contribution in [3.8, 4) is 5.75 Å². The number of hydrogen-bond donors (Lipinski definition) is 1. The molecule has 4 heteroatoms. The molecule has 0 radical (unpaired) electrons. The van der Waals surface area contributed by atoms with E-state index in [9.17, 15) is 9.18 Å². The summed E-state index contributed by atoms with van der Waals surface area (Å²) in [5, 5.41) is 0. The molecule has 0 aliphatic rings. The summed E-state index contributed by atoms with van der Waals surface area (Å²) in [5.74, 6) is -0.304. The summed E-state index contributed by atoms with van der Waals surface area (Å²) in [6.45, 7) is 2.28. The molecule has 2 N–H and O–H groups in total. The number of nitrogens with two attached hydrogens (primary N) is 1. The molecule has 1 aromatic rings. The van der Waals surface area contributed by atoms with Crippen LogP contribution in [0.2, 0.25) is 0 Å². The summed E-state index contributed by atoms with van der Waals surface area (Å²) in [6.07, 6.45) is 0.264. The van der Waals surface area contributed by atoms with E-state index in [1.54, 1.807) is 6.07 Å². The van der Waals surface area contributed by atoms with E-state index in [-0.39, 0.29) is 23.7 Å². The molecule has 0 saturated carbocycles. The van der Waals surface area contributed by atoms with Crippen LogP contribution in [0.15, 0.2) is 18.2 Å². The van der Waals surface area contributed by atoms with Crippen molar-refractivity contribution in [2.24, 2.45) is 11.7 Å². The van der Waals surface area contributed by atoms with Crippen molar-refractivity contribution >= 4 is 5.78 Å². The molecule has 0 fully saturated rings. The fourth-order valence-corrected chi connectivity index (χ4v) is 1.36. The van der Waals surface area contributed by atoms with E-state index in [4.69, 9.17) is 10.5 Å². The lowest BCUT2D eigenvalue weighted by Gasteiger charge is -2.08. The van der Waals surface area contributed by atoms with Gasteiger partial charge in [0.1, 0.15) is 11.6 Å². The van der Waals surface area contributed by atoms with Gasteiger partial charge in [0.05, 0.1) is 12.7 Å². The zero-order chi connectivity index (χ0) is 12.1. The van der Waals surface area contributed by atoms with Crippen LogP contribution in [-0.4, -0.2) is 19.4 Å². The zero-order valence-corrected chi connectivity index (χ0v) is 9.50. The van der Waals surface area contributed by atoms with Gasteiger partial charge in [0.25, 0.3) is 0 Å². The summed E-state index contributed by atoms with van der Waals surface area (Å²) < 4.78 is 18.4. The van der Waals surface area contributed by atoms with Crippen molar-refractivity contribution in [2.45, 2.75) is 13.3 Å². The first kappa shape index (κ1) is 12.6. The van der Waals surface area contributed by atoms with Crippen LogP contribution in [0.25, 0.3) is 0 Å². The van der Waals surface area contributed by atoms with Gasteiger partial charge in [-0.1, -0.05) is 6.92 Å². The van der Waals surface area contributed by atoms with Gasteiger partial charge in [-0.25, -0.2) is 4.39 Å². The maximum atomic E-state index is 13.5. The fraction of sp³-hybridized carbons (Fsp3) is 0.417. The molecule has 88 valence electrons. The van der Waals surface area contributed by atoms with Gasteiger partial charge < -0.3 is 10.5 Å². The predicted octanol–water partition coefficient (Wildman–Crippen LogP) is 2.00. The average Bonchev–Trinajstić information content (AvgIpc) is 2.28. The Morgan fingerprint density at radius 1 is 1.56 bits per heavy atom. The topological polar surface area (TPSA) is 52.3 Å². The number of halogens is 1. The van der Waals surface area contributed by atoms with E-state index in [0.29, 0.717) is 12.3 Å². The van der Waals surface area contributed by atoms with Gasteiger partial charge in [-0.05, 0) is 24.6 Å². The Kier molecular flexibility index (Phi) is 4.43. The van der Waals surface area contributed by atoms with Crippen molar-refractivity contribution in [2.75, 3.05) is 13.7 Å². The minimum absolute atomic E-state index is 0.0639. The first-order valence-corrected chi connectivity index (χ1v) is 5.15. The second-order valence-corrected chi connectivity index (χ2v) is 3.81. The Bertz CT molecular complexity index is 379. The van der Waals surface area contributed by atoms with Gasteiger partial charge in [-0.15, -0.1) is 0 Å². The summed E-state index contributed by atoms with van der Waals surface area (Å²) in [4.78, 5) is 11.7. The highest BCUT2D eigenvalue weighted by atomic mass is 19.1. The van der Waals surface area contributed by atoms with E-state index in [2.05, 4.69) is 0 Å². The van der Waals surface area contributed by atoms with E-state index in [1.807, 2.05) is 6.92 Å². The Morgan fingerprint density at radius 3 is 2.75 bits per heavy atom. The van der Waals surface area contributed by atoms with Crippen molar-refractivity contribution < 1.29 is 13.9 Å². The first-order chi connectivity index (χ1) is 7.58. The molecular weight excluding hydrogens is 209 g/mol. The number of Topliss-reactive ketones (excluding diaryl/α,β-unsaturated/α-hetero) is 1. The second kappa shape index (κ2) is 5.61. The molecule has 16 heavy (non-hydrogen) atoms. The van der Waals surface area contributed by atoms with Crippen molar-refractivity contribution in [1.82, 2.24) is 0 Å². The zero-order valence-electron chi connectivity index (χ0n) is 9.50. The molecule has 1 aromatic carbocycles. The van der Waals surface area contributed by atoms with Gasteiger partial charge >= 0.3 is 0 Å². The van der Waals surface area contributed by atoms with Gasteiger partial charge in [0.2, 0.25) is 0 Å². The normalized spacial score (nSPS) is 12.2. The lowest BCUT2D eigenvalue weighted by Crippen LogP contribution is -2.16. The number of ketones is 1. The number of ether oxygens (including phenoxy) is 1. The monoisotopic (exact) mass is 225 g/mol. The summed E-state index contributed by atoms with van der Waals surface area (Å²) in [7, 11) is 1.45. The standard InChI is InChI=1S/C12H16FNO2/c1-8(7-14)5-12(15)10-4-3-9(16-2)6-11(10)13/h3-4,6,8H,5,7,14H2,1-2H3. The Hall–Kier alpha value is -1.42. The molecule has 1 rings (SSSR count). The minimum atomic E-state index is -0.548. The quantitative estimate of drug-likeness (QED) is 0.780. The Labute approximate surface area is 94.4 Å². The number of benzene rings is 1. The SMILES string of the molecule is COc1ccc(C(=O)CC(C)CN)c(F)c1. The van der Waals surface area contributed by atoms with E-state index >= 15 is 0 Å². The molecule has 0 bridgehead atoms. The molecule has 1 atom stereocenters. The number of rotatable bonds is 5. The Morgan fingerprint density at radius 2 is 2.25 bits per heavy atom. The molecule has 0 spiro atoms. The molecule has 0 amide bonds. The van der Waals surface area contributed by atoms with Crippen LogP contribution < -0.4 is 10.5 Å². The highest BCUT2D eigenvalue weighted by molar-refractivity contribution is 5.96. The van der Waals surface area contributed by atoms with Gasteiger partial charge in [-0.2, -0.15) is 0 Å². The number of hydrogen-bond acceptors (Lipinski definition) is 3. The maximum absolute atomic E-state index is 13.5. The van der Waals surface area contributed by atoms with Crippen molar-refractivity contribution in [1.29, 1.82) is 0 Å². The highest BCUT2D eigenvalue weighted by Crippen LogP contribution is 2.18. The lowest BCUT2D eigenvalue weighted by molar-refractivity contribution is 0.0962. The summed E-state index contributed by atoms with van der Waals surface area (Å²) in [6, 6.07) is 4.23. The van der Waals surface area contributed by atoms with E-state index in [1.165, 1.54) is 19.2 Å². The smallest absolute Gasteiger partial charge is 0.166 e. The second-order valence-electron chi connectivity index (χ2n) is 3.81. The minimum Gasteiger partial charge on any atom is -0.497 e. The predicted molar refractivity (Wildman–Crippen MR) is 60.1 cm³/mol. The number of methoxy groups -OCH3 is 1. The third kappa shape index (κ3) is 3.03. The third-order valence-corrected chi connectivity index (χ3v) is 2.41. The average molecular weight is 225 g/mol. The van der Waals surface area contributed by atoms with Gasteiger partial charge in [0.15, 0.2) is 5.78 Å². The van der Waals surface area contributed by atoms with Crippen LogP contribution >= 0.6 is 0 Å². The molecule has 3 nitrogen and oxygen atoms in total. The lowest BCUT2D eigenvalue weighted by atomic mass is 9.99. The maximum Gasteiger partial charge on any atom is 0.166 e. The van der Waals surface area contributed by atoms with Crippen LogP contribution in [-0.2, 0) is 0 Å². The fourth-order valence-electron chi connectivity index (χ4n) is 1.36. The first-order valence-electron chi connectivity index (χ1n) is 5.15. The molecular formula is C12H16FNO2. The van der Waals surface area contributed by atoms with Crippen LogP contribution in [0.3, 0.4) is 0 Å². The number of carbonyl (C=O) groups excluding carboxylic acids is 1. The van der Waals surface area contributed by atoms with Crippen LogP contribution in [0.4, 0.5) is 4.39 Å². The van der Waals surface area contributed by atoms with E-state index < -0.39 is 5.82 Å². The molecule has 0 aromatic heterocycles. The van der Waals surface area contributed by atoms with E-state index in [0.717, 1.165) is 0 Å². The van der Waals surface area contributed by atoms with Crippen molar-refractivity contribution in [3.05, 3.63) is 29.6 Å². The molecule has 0 heterocycles. The van der Waals surface area contributed by atoms with Crippen LogP contribution in [0.5, 0.6) is 5.75 Å². The largest absolute Gasteiger partial charge is 0.497 e. The highest BCUT2D eigenvalue weighted by Gasteiger charge is 2.14. The van der Waals surface area contributed by atoms with Gasteiger partial charge in [-0.3, -0.25) is 4.79 Å². The molecule has 0 saturated heterocycles. The number of carbonyl (C=O) groups is 1. The third-order valence-electron chi connectivity index (χ3n) is 2.41. The van der Waals surface area contributed by atoms with Crippen molar-refractivity contribution in [3.63, 3.8) is 0 Å². The summed E-state index contributed by atoms with van der Waals surface area (Å²) in [5.41, 5.74) is 5.51. The van der Waals surface area contributed by atoms with Gasteiger partial charge in [0, 0.05) is 12.5 Å². The molecule has 0 aliphatic heterocycles. The Balaban J connectivity index is 2.84. The molecule has 1 unspecified atom stereocenters. The summed E-state index contributed by atoms with van der Waals surface area (Å²) >= 11 is 0. The molecule has 0 aliphatic carbocycles.